The second-order valence-electron chi connectivity index (χ2n) is 17.0. The highest BCUT2D eigenvalue weighted by atomic mass is 31.2. The van der Waals surface area contributed by atoms with E-state index in [9.17, 15) is 19.6 Å². The summed E-state index contributed by atoms with van der Waals surface area (Å²) in [5, 5.41) is 25.9. The molecule has 2 saturated carbocycles. The van der Waals surface area contributed by atoms with Crippen molar-refractivity contribution in [2.75, 3.05) is 0 Å². The zero-order valence-electron chi connectivity index (χ0n) is 30.7. The number of hydrogen-bond donors (Lipinski definition) is 2. The zero-order valence-corrected chi connectivity index (χ0v) is 32.6. The molecular formula is C38H55O9PSi. The lowest BCUT2D eigenvalue weighted by atomic mass is 9.40. The highest BCUT2D eigenvalue weighted by Gasteiger charge is 2.81. The third-order valence-electron chi connectivity index (χ3n) is 12.1. The molecule has 0 aromatic heterocycles. The quantitative estimate of drug-likeness (QED) is 0.150. The van der Waals surface area contributed by atoms with Crippen LogP contribution in [0.3, 0.4) is 0 Å². The maximum absolute atomic E-state index is 14.9. The van der Waals surface area contributed by atoms with Gasteiger partial charge in [-0.15, -0.1) is 6.58 Å². The molecule has 0 spiro atoms. The highest BCUT2D eigenvalue weighted by Crippen LogP contribution is 2.70. The predicted octanol–water partition coefficient (Wildman–Crippen LogP) is 8.27. The van der Waals surface area contributed by atoms with Crippen LogP contribution < -0.4 is 9.05 Å². The van der Waals surface area contributed by atoms with E-state index in [-0.39, 0.29) is 29.4 Å². The Morgan fingerprint density at radius 1 is 0.959 bits per heavy atom. The van der Waals surface area contributed by atoms with Crippen LogP contribution in [-0.2, 0) is 23.0 Å². The lowest BCUT2D eigenvalue weighted by Gasteiger charge is -2.72. The van der Waals surface area contributed by atoms with Crippen molar-refractivity contribution in [1.29, 1.82) is 0 Å². The Bertz CT molecular complexity index is 1550. The van der Waals surface area contributed by atoms with E-state index in [1.807, 2.05) is 13.8 Å². The molecule has 0 unspecified atom stereocenters. The van der Waals surface area contributed by atoms with Crippen molar-refractivity contribution in [2.24, 2.45) is 16.7 Å². The van der Waals surface area contributed by atoms with Gasteiger partial charge in [-0.3, -0.25) is 9.32 Å². The Morgan fingerprint density at radius 2 is 1.47 bits per heavy atom. The van der Waals surface area contributed by atoms with E-state index >= 15 is 0 Å². The van der Waals surface area contributed by atoms with Gasteiger partial charge in [-0.1, -0.05) is 84.0 Å². The van der Waals surface area contributed by atoms with Gasteiger partial charge in [0.1, 0.15) is 23.2 Å². The minimum Gasteiger partial charge on any atom is -0.408 e. The summed E-state index contributed by atoms with van der Waals surface area (Å²) in [5.41, 5.74) is -7.38. The Hall–Kier alpha value is -2.30. The lowest BCUT2D eigenvalue weighted by molar-refractivity contribution is -0.366. The first-order valence-electron chi connectivity index (χ1n) is 17.2. The van der Waals surface area contributed by atoms with Crippen molar-refractivity contribution < 1.29 is 42.3 Å². The molecule has 8 atom stereocenters. The van der Waals surface area contributed by atoms with Crippen LogP contribution in [0, 0.1) is 16.7 Å². The van der Waals surface area contributed by atoms with E-state index in [0.29, 0.717) is 6.42 Å². The number of hydrogen-bond acceptors (Lipinski definition) is 9. The smallest absolute Gasteiger partial charge is 0.408 e. The third-order valence-corrected chi connectivity index (χ3v) is 17.9. The van der Waals surface area contributed by atoms with Gasteiger partial charge in [-0.2, -0.15) is 0 Å². The number of rotatable bonds is 9. The van der Waals surface area contributed by atoms with Crippen molar-refractivity contribution in [1.82, 2.24) is 0 Å². The molecule has 11 heteroatoms. The molecule has 2 N–H and O–H groups in total. The molecule has 0 radical (unpaired) electrons. The zero-order chi connectivity index (χ0) is 36.5. The van der Waals surface area contributed by atoms with Gasteiger partial charge in [0.25, 0.3) is 0 Å². The number of carbonyl (C=O) groups is 1. The molecule has 49 heavy (non-hydrogen) atoms. The SMILES string of the molecule is C=C[C@@]1(C)CC(=O)[C@]2(O)[C@@]3(C)[C@@H](OP(=O)(Oc4ccccc4)Oc4ccccc4)CCC(C)(C)[C@H]3[C@H](O)[C@H](O[Si](C)(C)C(C)(C)C)[C@@]2(C)O1. The number of para-hydroxylation sites is 2. The van der Waals surface area contributed by atoms with Gasteiger partial charge in [0.2, 0.25) is 0 Å². The fraction of sp³-hybridized carbons (Fsp3) is 0.605. The Morgan fingerprint density at radius 3 is 1.94 bits per heavy atom. The van der Waals surface area contributed by atoms with Gasteiger partial charge >= 0.3 is 7.82 Å². The minimum absolute atomic E-state index is 0.167. The first-order valence-corrected chi connectivity index (χ1v) is 21.6. The summed E-state index contributed by atoms with van der Waals surface area (Å²) in [5.74, 6) is -0.739. The number of ether oxygens (including phenoxy) is 1. The van der Waals surface area contributed by atoms with Crippen LogP contribution in [0.2, 0.25) is 18.1 Å². The second kappa shape index (κ2) is 12.4. The fourth-order valence-electron chi connectivity index (χ4n) is 8.55. The molecule has 2 aromatic carbocycles. The largest absolute Gasteiger partial charge is 0.587 e. The van der Waals surface area contributed by atoms with Crippen LogP contribution in [0.15, 0.2) is 73.3 Å². The fourth-order valence-corrected chi connectivity index (χ4v) is 11.4. The van der Waals surface area contributed by atoms with Crippen molar-refractivity contribution in [2.45, 2.75) is 128 Å². The van der Waals surface area contributed by atoms with E-state index in [2.05, 4.69) is 40.4 Å². The first-order chi connectivity index (χ1) is 22.5. The van der Waals surface area contributed by atoms with Gasteiger partial charge in [-0.05, 0) is 74.5 Å². The average molecular weight is 715 g/mol. The van der Waals surface area contributed by atoms with Crippen LogP contribution in [0.1, 0.15) is 74.7 Å². The molecule has 3 fully saturated rings. The summed E-state index contributed by atoms with van der Waals surface area (Å²) in [6, 6.07) is 17.2. The molecule has 270 valence electrons. The number of aliphatic hydroxyl groups is 2. The molecule has 2 aliphatic carbocycles. The van der Waals surface area contributed by atoms with E-state index in [1.165, 1.54) is 0 Å². The number of carbonyl (C=O) groups excluding carboxylic acids is 1. The van der Waals surface area contributed by atoms with Gasteiger partial charge in [-0.25, -0.2) is 4.57 Å². The van der Waals surface area contributed by atoms with Crippen molar-refractivity contribution in [3.63, 3.8) is 0 Å². The molecule has 1 saturated heterocycles. The molecule has 1 aliphatic heterocycles. The third kappa shape index (κ3) is 6.19. The maximum Gasteiger partial charge on any atom is 0.587 e. The minimum atomic E-state index is -4.51. The number of Topliss-reactive ketones (excluding diaryl/α,β-unsaturated/α-hetero) is 1. The topological polar surface area (TPSA) is 121 Å². The van der Waals surface area contributed by atoms with E-state index in [0.717, 1.165) is 0 Å². The second-order valence-corrected chi connectivity index (χ2v) is 23.2. The normalized spacial score (nSPS) is 36.3. The van der Waals surface area contributed by atoms with Crippen LogP contribution in [-0.4, -0.2) is 59.4 Å². The summed E-state index contributed by atoms with van der Waals surface area (Å²) >= 11 is 0. The van der Waals surface area contributed by atoms with Gasteiger partial charge in [0.05, 0.1) is 17.8 Å². The Kier molecular flexibility index (Phi) is 9.63. The molecule has 3 aliphatic rings. The molecular weight excluding hydrogens is 659 g/mol. The summed E-state index contributed by atoms with van der Waals surface area (Å²) in [7, 11) is -7.15. The standard InChI is InChI=1S/C38H55O9PSi/c1-12-35(7)25-28(39)38(41)36(8)29(45-48(42,43-26-19-15-13-16-20-26)44-27-21-17-14-18-22-27)23-24-34(5,6)31(36)30(40)32(37(38,9)47-35)46-49(10,11)33(2,3)4/h12-22,29-32,40-41H,1,23-25H2,2-11H3/t29-,30-,31+,32-,35-,36-,37+,38-/m0/s1. The lowest BCUT2D eigenvalue weighted by Crippen LogP contribution is -2.87. The Balaban J connectivity index is 1.70. The van der Waals surface area contributed by atoms with Crippen molar-refractivity contribution in [3.8, 4) is 11.5 Å². The van der Waals surface area contributed by atoms with Crippen molar-refractivity contribution in [3.05, 3.63) is 73.3 Å². The van der Waals surface area contributed by atoms with Crippen LogP contribution >= 0.6 is 7.82 Å². The number of phosphoric acid groups is 1. The number of phosphoric ester groups is 1. The predicted molar refractivity (Wildman–Crippen MR) is 192 cm³/mol. The average Bonchev–Trinajstić information content (AvgIpc) is 2.99. The maximum atomic E-state index is 14.9. The van der Waals surface area contributed by atoms with Gasteiger partial charge in [0, 0.05) is 17.8 Å². The number of ketones is 1. The summed E-state index contributed by atoms with van der Waals surface area (Å²) in [6.45, 7) is 23.6. The number of fused-ring (bicyclic) bond motifs is 3. The van der Waals surface area contributed by atoms with Gasteiger partial charge in [0.15, 0.2) is 19.7 Å². The summed E-state index contributed by atoms with van der Waals surface area (Å²) in [4.78, 5) is 14.8. The molecule has 9 nitrogen and oxygen atoms in total. The van der Waals surface area contributed by atoms with E-state index < -0.39 is 73.8 Å². The summed E-state index contributed by atoms with van der Waals surface area (Å²) < 4.78 is 47.3. The van der Waals surface area contributed by atoms with Crippen LogP contribution in [0.5, 0.6) is 11.5 Å². The Labute approximate surface area is 293 Å². The first kappa shape index (κ1) is 37.9. The van der Waals surface area contributed by atoms with Crippen molar-refractivity contribution >= 4 is 21.9 Å². The molecule has 5 rings (SSSR count). The van der Waals surface area contributed by atoms with Gasteiger partial charge < -0.3 is 28.4 Å². The molecule has 2 aromatic rings. The molecule has 1 heterocycles. The van der Waals surface area contributed by atoms with Crippen LogP contribution in [0.4, 0.5) is 0 Å². The van der Waals surface area contributed by atoms with E-state index in [1.54, 1.807) is 87.5 Å². The molecule has 0 bridgehead atoms. The highest BCUT2D eigenvalue weighted by molar-refractivity contribution is 7.49. The molecule has 0 amide bonds. The number of benzene rings is 2. The number of aliphatic hydroxyl groups excluding tert-OH is 1. The summed E-state index contributed by atoms with van der Waals surface area (Å²) in [6.07, 6.45) is -1.19. The monoisotopic (exact) mass is 714 g/mol. The van der Waals surface area contributed by atoms with E-state index in [4.69, 9.17) is 22.7 Å². The van der Waals surface area contributed by atoms with Crippen LogP contribution in [0.25, 0.3) is 0 Å².